The van der Waals surface area contributed by atoms with Crippen molar-refractivity contribution in [3.05, 3.63) is 56.8 Å². The number of rotatable bonds is 8. The van der Waals surface area contributed by atoms with Gasteiger partial charge in [-0.05, 0) is 40.5 Å². The zero-order valence-corrected chi connectivity index (χ0v) is 23.5. The summed E-state index contributed by atoms with van der Waals surface area (Å²) in [6.07, 6.45) is -3.59. The van der Waals surface area contributed by atoms with Crippen molar-refractivity contribution in [1.29, 1.82) is 0 Å². The van der Waals surface area contributed by atoms with E-state index in [9.17, 15) is 35.4 Å². The predicted molar refractivity (Wildman–Crippen MR) is 151 cm³/mol. The average molecular weight is 573 g/mol. The van der Waals surface area contributed by atoms with Crippen molar-refractivity contribution in [3.8, 4) is 23.0 Å². The van der Waals surface area contributed by atoms with Crippen LogP contribution in [0.2, 0.25) is 0 Å². The van der Waals surface area contributed by atoms with Gasteiger partial charge in [0.05, 0.1) is 19.1 Å². The summed E-state index contributed by atoms with van der Waals surface area (Å²) in [5.41, 5.74) is 1.89. The molecule has 222 valence electrons. The van der Waals surface area contributed by atoms with Crippen LogP contribution < -0.4 is 14.9 Å². The Labute approximate surface area is 236 Å². The van der Waals surface area contributed by atoms with E-state index >= 15 is 0 Å². The molecule has 1 aromatic heterocycles. The van der Waals surface area contributed by atoms with E-state index in [1.165, 1.54) is 19.2 Å². The maximum atomic E-state index is 14.0. The topological polar surface area (TPSA) is 179 Å². The quantitative estimate of drug-likeness (QED) is 0.173. The van der Waals surface area contributed by atoms with E-state index in [1.807, 2.05) is 39.8 Å². The second-order valence-corrected chi connectivity index (χ2v) is 10.6. The molecule has 6 N–H and O–H groups in total. The van der Waals surface area contributed by atoms with E-state index in [1.54, 1.807) is 0 Å². The Morgan fingerprint density at radius 2 is 1.51 bits per heavy atom. The van der Waals surface area contributed by atoms with E-state index < -0.39 is 42.7 Å². The van der Waals surface area contributed by atoms with Gasteiger partial charge in [-0.1, -0.05) is 23.3 Å². The Kier molecular flexibility index (Phi) is 8.95. The number of allylic oxidation sites excluding steroid dienone is 4. The summed E-state index contributed by atoms with van der Waals surface area (Å²) in [5.74, 6) is -0.535. The molecule has 4 rings (SSSR count). The number of ether oxygens (including phenoxy) is 3. The van der Waals surface area contributed by atoms with Crippen LogP contribution >= 0.6 is 0 Å². The smallest absolute Gasteiger partial charge is 0.229 e. The van der Waals surface area contributed by atoms with Crippen LogP contribution in [-0.4, -0.2) is 75.1 Å². The van der Waals surface area contributed by atoms with Crippen molar-refractivity contribution in [2.45, 2.75) is 71.2 Å². The lowest BCUT2D eigenvalue weighted by Gasteiger charge is -2.39. The molecular formula is C30H36O11. The first kappa shape index (κ1) is 30.4. The number of fused-ring (bicyclic) bond motifs is 2. The Balaban J connectivity index is 1.97. The van der Waals surface area contributed by atoms with Crippen LogP contribution in [0.5, 0.6) is 23.0 Å². The van der Waals surface area contributed by atoms with Gasteiger partial charge in [0.1, 0.15) is 52.5 Å². The summed E-state index contributed by atoms with van der Waals surface area (Å²) in [7, 11) is 1.36. The normalized spacial score (nSPS) is 22.5. The van der Waals surface area contributed by atoms with E-state index in [4.69, 9.17) is 18.6 Å². The van der Waals surface area contributed by atoms with Gasteiger partial charge in [0.25, 0.3) is 0 Å². The Bertz CT molecular complexity index is 1560. The molecule has 2 heterocycles. The molecule has 11 nitrogen and oxygen atoms in total. The van der Waals surface area contributed by atoms with Crippen LogP contribution in [0.4, 0.5) is 0 Å². The highest BCUT2D eigenvalue weighted by Gasteiger charge is 2.45. The second kappa shape index (κ2) is 12.1. The number of aliphatic hydroxyl groups excluding tert-OH is 4. The summed E-state index contributed by atoms with van der Waals surface area (Å²) >= 11 is 0. The van der Waals surface area contributed by atoms with Gasteiger partial charge in [0.2, 0.25) is 11.7 Å². The second-order valence-electron chi connectivity index (χ2n) is 10.6. The molecule has 0 radical (unpaired) electrons. The third-order valence-corrected chi connectivity index (χ3v) is 7.05. The van der Waals surface area contributed by atoms with Gasteiger partial charge >= 0.3 is 0 Å². The maximum absolute atomic E-state index is 14.0. The monoisotopic (exact) mass is 572 g/mol. The van der Waals surface area contributed by atoms with Crippen LogP contribution in [0.3, 0.4) is 0 Å². The molecule has 0 saturated carbocycles. The van der Waals surface area contributed by atoms with Crippen molar-refractivity contribution < 1.29 is 49.3 Å². The van der Waals surface area contributed by atoms with Crippen LogP contribution in [0.15, 0.2) is 44.6 Å². The highest BCUT2D eigenvalue weighted by molar-refractivity contribution is 5.97. The summed E-state index contributed by atoms with van der Waals surface area (Å²) in [4.78, 5) is 14.0. The molecule has 1 aliphatic heterocycles. The van der Waals surface area contributed by atoms with Crippen molar-refractivity contribution in [2.75, 3.05) is 13.7 Å². The van der Waals surface area contributed by atoms with E-state index in [0.29, 0.717) is 5.56 Å². The number of hydrogen-bond donors (Lipinski definition) is 6. The van der Waals surface area contributed by atoms with Gasteiger partial charge in [0, 0.05) is 23.3 Å². The molecule has 2 aromatic carbocycles. The lowest BCUT2D eigenvalue weighted by atomic mass is 9.98. The van der Waals surface area contributed by atoms with Crippen molar-refractivity contribution in [1.82, 2.24) is 0 Å². The van der Waals surface area contributed by atoms with Crippen molar-refractivity contribution in [3.63, 3.8) is 0 Å². The maximum Gasteiger partial charge on any atom is 0.229 e. The van der Waals surface area contributed by atoms with Gasteiger partial charge in [0.15, 0.2) is 11.5 Å². The molecule has 2 unspecified atom stereocenters. The number of phenolic OH excluding ortho intramolecular Hbond substituents is 2. The Morgan fingerprint density at radius 1 is 0.902 bits per heavy atom. The molecule has 1 aliphatic rings. The summed E-state index contributed by atoms with van der Waals surface area (Å²) < 4.78 is 23.1. The Hall–Kier alpha value is -3.61. The molecule has 3 aromatic rings. The number of benzene rings is 2. The van der Waals surface area contributed by atoms with Gasteiger partial charge in [-0.3, -0.25) is 4.79 Å². The Morgan fingerprint density at radius 3 is 2.10 bits per heavy atom. The first-order valence-electron chi connectivity index (χ1n) is 13.2. The van der Waals surface area contributed by atoms with Gasteiger partial charge in [-0.15, -0.1) is 0 Å². The molecule has 41 heavy (non-hydrogen) atoms. The average Bonchev–Trinajstić information content (AvgIpc) is 2.91. The molecule has 5 atom stereocenters. The largest absolute Gasteiger partial charge is 0.507 e. The van der Waals surface area contributed by atoms with Gasteiger partial charge in [-0.2, -0.15) is 0 Å². The fraction of sp³-hybridized carbons (Fsp3) is 0.433. The summed E-state index contributed by atoms with van der Waals surface area (Å²) in [6, 6.07) is 2.61. The zero-order valence-electron chi connectivity index (χ0n) is 23.5. The molecule has 0 spiro atoms. The van der Waals surface area contributed by atoms with Crippen LogP contribution in [0.1, 0.15) is 38.8 Å². The summed E-state index contributed by atoms with van der Waals surface area (Å²) in [5, 5.41) is 62.2. The number of phenols is 2. The highest BCUT2D eigenvalue weighted by Crippen LogP contribution is 2.42. The van der Waals surface area contributed by atoms with Crippen LogP contribution in [0.25, 0.3) is 21.9 Å². The van der Waals surface area contributed by atoms with Gasteiger partial charge in [-0.25, -0.2) is 0 Å². The number of aromatic hydroxyl groups is 2. The van der Waals surface area contributed by atoms with Crippen molar-refractivity contribution >= 4 is 21.9 Å². The van der Waals surface area contributed by atoms with E-state index in [0.717, 1.165) is 11.1 Å². The fourth-order valence-electron chi connectivity index (χ4n) is 4.82. The highest BCUT2D eigenvalue weighted by atomic mass is 16.7. The third kappa shape index (κ3) is 5.77. The minimum atomic E-state index is -1.69. The minimum Gasteiger partial charge on any atom is -0.507 e. The molecule has 0 amide bonds. The number of aliphatic hydroxyl groups is 4. The SMILES string of the molecule is COc1c(O[C@@H]2OC(CO)[C@@H](O)[C@H](O)C2O)cc2oc3cc(O)c(CC=C(C)C)c(O)c3c(=O)c2c1CC=C(C)C. The first-order valence-corrected chi connectivity index (χ1v) is 13.2. The molecule has 1 saturated heterocycles. The minimum absolute atomic E-state index is 0.0161. The molecule has 1 fully saturated rings. The zero-order chi connectivity index (χ0) is 30.2. The predicted octanol–water partition coefficient (Wildman–Crippen LogP) is 2.56. The summed E-state index contributed by atoms with van der Waals surface area (Å²) in [6.45, 7) is 6.87. The number of methoxy groups -OCH3 is 1. The molecule has 11 heteroatoms. The third-order valence-electron chi connectivity index (χ3n) is 7.05. The molecular weight excluding hydrogens is 536 g/mol. The number of hydrogen-bond acceptors (Lipinski definition) is 11. The fourth-order valence-corrected chi connectivity index (χ4v) is 4.82. The molecule has 0 aliphatic carbocycles. The standard InChI is InChI=1S/C30H36O11/c1-13(2)6-8-15-17(32)10-18-23(24(15)33)26(35)22-16(9-7-14(3)4)29(38-5)20(11-19(22)39-18)40-30-28(37)27(36)25(34)21(12-31)41-30/h6-7,10-11,21,25,27-28,30-34,36-37H,8-9,12H2,1-5H3/t21?,25-,27+,28?,30-/m1/s1. The van der Waals surface area contributed by atoms with Crippen LogP contribution in [0, 0.1) is 0 Å². The first-order chi connectivity index (χ1) is 19.4. The lowest BCUT2D eigenvalue weighted by molar-refractivity contribution is -0.277. The molecule has 0 bridgehead atoms. The lowest BCUT2D eigenvalue weighted by Crippen LogP contribution is -2.60. The van der Waals surface area contributed by atoms with Crippen molar-refractivity contribution in [2.24, 2.45) is 0 Å². The van der Waals surface area contributed by atoms with E-state index in [2.05, 4.69) is 0 Å². The van der Waals surface area contributed by atoms with Gasteiger partial charge < -0.3 is 49.3 Å². The van der Waals surface area contributed by atoms with Crippen LogP contribution in [-0.2, 0) is 17.6 Å². The van der Waals surface area contributed by atoms with E-state index in [-0.39, 0.29) is 63.3 Å².